The Hall–Kier alpha value is -0.540. The Kier molecular flexibility index (Phi) is 3.96. The average molecular weight is 259 g/mol. The summed E-state index contributed by atoms with van der Waals surface area (Å²) in [6.45, 7) is 3.90. The van der Waals surface area contributed by atoms with Crippen LogP contribution in [-0.4, -0.2) is 17.0 Å². The quantitative estimate of drug-likeness (QED) is 0.846. The first-order valence-electron chi connectivity index (χ1n) is 4.53. The standard InChI is InChI=1S/C11H15BrO2/c1-7-4-5-10(14-3)9(6-7)11(13)8(2)12/h4-6,8,11,13H,1-3H3. The average Bonchev–Trinajstić information content (AvgIpc) is 2.16. The van der Waals surface area contributed by atoms with Crippen molar-refractivity contribution in [3.8, 4) is 5.75 Å². The Morgan fingerprint density at radius 2 is 2.07 bits per heavy atom. The van der Waals surface area contributed by atoms with Gasteiger partial charge < -0.3 is 9.84 Å². The number of benzene rings is 1. The van der Waals surface area contributed by atoms with E-state index in [1.54, 1.807) is 7.11 Å². The van der Waals surface area contributed by atoms with Crippen LogP contribution in [0.2, 0.25) is 0 Å². The minimum absolute atomic E-state index is 0.0122. The van der Waals surface area contributed by atoms with Crippen LogP contribution < -0.4 is 4.74 Å². The zero-order valence-corrected chi connectivity index (χ0v) is 10.2. The van der Waals surface area contributed by atoms with Gasteiger partial charge in [0.05, 0.1) is 13.2 Å². The van der Waals surface area contributed by atoms with Gasteiger partial charge in [0.25, 0.3) is 0 Å². The smallest absolute Gasteiger partial charge is 0.124 e. The van der Waals surface area contributed by atoms with Crippen molar-refractivity contribution in [2.45, 2.75) is 24.8 Å². The number of aliphatic hydroxyl groups is 1. The van der Waals surface area contributed by atoms with Crippen molar-refractivity contribution in [3.05, 3.63) is 29.3 Å². The van der Waals surface area contributed by atoms with Crippen LogP contribution in [0.1, 0.15) is 24.2 Å². The first kappa shape index (κ1) is 11.5. The molecule has 1 rings (SSSR count). The van der Waals surface area contributed by atoms with Gasteiger partial charge in [-0.3, -0.25) is 0 Å². The van der Waals surface area contributed by atoms with Crippen LogP contribution in [-0.2, 0) is 0 Å². The monoisotopic (exact) mass is 258 g/mol. The molecule has 0 aliphatic rings. The summed E-state index contributed by atoms with van der Waals surface area (Å²) in [6.07, 6.45) is -0.537. The summed E-state index contributed by atoms with van der Waals surface area (Å²) in [4.78, 5) is 0.0122. The second-order valence-electron chi connectivity index (χ2n) is 3.37. The summed E-state index contributed by atoms with van der Waals surface area (Å²) >= 11 is 3.36. The van der Waals surface area contributed by atoms with E-state index >= 15 is 0 Å². The number of aliphatic hydroxyl groups excluding tert-OH is 1. The van der Waals surface area contributed by atoms with E-state index < -0.39 is 6.10 Å². The molecule has 0 heterocycles. The van der Waals surface area contributed by atoms with Gasteiger partial charge in [0.2, 0.25) is 0 Å². The maximum atomic E-state index is 9.91. The second-order valence-corrected chi connectivity index (χ2v) is 4.81. The van der Waals surface area contributed by atoms with Crippen LogP contribution in [0.4, 0.5) is 0 Å². The molecular formula is C11H15BrO2. The van der Waals surface area contributed by atoms with Gasteiger partial charge in [-0.1, -0.05) is 27.6 Å². The number of ether oxygens (including phenoxy) is 1. The largest absolute Gasteiger partial charge is 0.496 e. The number of halogens is 1. The molecule has 1 N–H and O–H groups in total. The molecule has 1 aromatic carbocycles. The lowest BCUT2D eigenvalue weighted by Crippen LogP contribution is -2.09. The molecule has 3 heteroatoms. The number of rotatable bonds is 3. The molecule has 0 fully saturated rings. The van der Waals surface area contributed by atoms with Crippen molar-refractivity contribution in [2.75, 3.05) is 7.11 Å². The number of aryl methyl sites for hydroxylation is 1. The van der Waals surface area contributed by atoms with E-state index in [1.807, 2.05) is 32.0 Å². The molecule has 2 unspecified atom stereocenters. The maximum absolute atomic E-state index is 9.91. The molecule has 0 saturated heterocycles. The normalized spacial score (nSPS) is 14.9. The summed E-state index contributed by atoms with van der Waals surface area (Å²) in [5.74, 6) is 0.731. The van der Waals surface area contributed by atoms with Crippen LogP contribution in [0.15, 0.2) is 18.2 Å². The van der Waals surface area contributed by atoms with E-state index in [-0.39, 0.29) is 4.83 Å². The van der Waals surface area contributed by atoms with E-state index in [1.165, 1.54) is 0 Å². The first-order chi connectivity index (χ1) is 6.56. The highest BCUT2D eigenvalue weighted by atomic mass is 79.9. The van der Waals surface area contributed by atoms with E-state index in [2.05, 4.69) is 15.9 Å². The first-order valence-corrected chi connectivity index (χ1v) is 5.44. The van der Waals surface area contributed by atoms with Crippen LogP contribution in [0.5, 0.6) is 5.75 Å². The fourth-order valence-electron chi connectivity index (χ4n) is 1.33. The third-order valence-electron chi connectivity index (χ3n) is 2.14. The third kappa shape index (κ3) is 2.49. The fraction of sp³-hybridized carbons (Fsp3) is 0.455. The Morgan fingerprint density at radius 3 is 2.57 bits per heavy atom. The molecular weight excluding hydrogens is 244 g/mol. The second kappa shape index (κ2) is 4.80. The van der Waals surface area contributed by atoms with Crippen LogP contribution in [0.25, 0.3) is 0 Å². The van der Waals surface area contributed by atoms with Gasteiger partial charge >= 0.3 is 0 Å². The summed E-state index contributed by atoms with van der Waals surface area (Å²) in [5, 5.41) is 9.91. The van der Waals surface area contributed by atoms with Crippen LogP contribution >= 0.6 is 15.9 Å². The van der Waals surface area contributed by atoms with E-state index in [0.717, 1.165) is 16.9 Å². The topological polar surface area (TPSA) is 29.5 Å². The summed E-state index contributed by atoms with van der Waals surface area (Å²) in [5.41, 5.74) is 1.95. The highest BCUT2D eigenvalue weighted by molar-refractivity contribution is 9.09. The predicted octanol–water partition coefficient (Wildman–Crippen LogP) is 2.82. The van der Waals surface area contributed by atoms with E-state index in [0.29, 0.717) is 0 Å². The lowest BCUT2D eigenvalue weighted by molar-refractivity contribution is 0.177. The number of alkyl halides is 1. The molecule has 0 aromatic heterocycles. The Balaban J connectivity index is 3.10. The van der Waals surface area contributed by atoms with Gasteiger partial charge in [-0.25, -0.2) is 0 Å². The Bertz CT molecular complexity index is 310. The SMILES string of the molecule is COc1ccc(C)cc1C(O)C(C)Br. The molecule has 0 radical (unpaired) electrons. The highest BCUT2D eigenvalue weighted by Gasteiger charge is 2.17. The molecule has 2 nitrogen and oxygen atoms in total. The van der Waals surface area contributed by atoms with Crippen molar-refractivity contribution in [1.29, 1.82) is 0 Å². The molecule has 0 amide bonds. The summed E-state index contributed by atoms with van der Waals surface area (Å²) in [6, 6.07) is 5.79. The highest BCUT2D eigenvalue weighted by Crippen LogP contribution is 2.30. The molecule has 0 aliphatic carbocycles. The summed E-state index contributed by atoms with van der Waals surface area (Å²) in [7, 11) is 1.61. The molecule has 0 bridgehead atoms. The molecule has 1 aromatic rings. The molecule has 0 aliphatic heterocycles. The van der Waals surface area contributed by atoms with Crippen molar-refractivity contribution >= 4 is 15.9 Å². The lowest BCUT2D eigenvalue weighted by Gasteiger charge is -2.17. The van der Waals surface area contributed by atoms with Crippen molar-refractivity contribution in [1.82, 2.24) is 0 Å². The van der Waals surface area contributed by atoms with Gasteiger partial charge in [-0.05, 0) is 26.0 Å². The predicted molar refractivity (Wildman–Crippen MR) is 61.1 cm³/mol. The van der Waals surface area contributed by atoms with Gasteiger partial charge in [-0.15, -0.1) is 0 Å². The lowest BCUT2D eigenvalue weighted by atomic mass is 10.0. The van der Waals surface area contributed by atoms with Gasteiger partial charge in [-0.2, -0.15) is 0 Å². The van der Waals surface area contributed by atoms with E-state index in [4.69, 9.17) is 4.74 Å². The molecule has 0 saturated carbocycles. The molecule has 2 atom stereocenters. The maximum Gasteiger partial charge on any atom is 0.124 e. The molecule has 0 spiro atoms. The van der Waals surface area contributed by atoms with Gasteiger partial charge in [0, 0.05) is 10.4 Å². The number of hydrogen-bond donors (Lipinski definition) is 1. The Morgan fingerprint density at radius 1 is 1.43 bits per heavy atom. The molecule has 78 valence electrons. The van der Waals surface area contributed by atoms with Crippen LogP contribution in [0, 0.1) is 6.92 Å². The van der Waals surface area contributed by atoms with Gasteiger partial charge in [0.15, 0.2) is 0 Å². The minimum Gasteiger partial charge on any atom is -0.496 e. The number of hydrogen-bond acceptors (Lipinski definition) is 2. The van der Waals surface area contributed by atoms with Crippen molar-refractivity contribution in [3.63, 3.8) is 0 Å². The van der Waals surface area contributed by atoms with Gasteiger partial charge in [0.1, 0.15) is 5.75 Å². The van der Waals surface area contributed by atoms with Crippen molar-refractivity contribution < 1.29 is 9.84 Å². The zero-order chi connectivity index (χ0) is 10.7. The van der Waals surface area contributed by atoms with E-state index in [9.17, 15) is 5.11 Å². The summed E-state index contributed by atoms with van der Waals surface area (Å²) < 4.78 is 5.19. The zero-order valence-electron chi connectivity index (χ0n) is 8.62. The third-order valence-corrected chi connectivity index (χ3v) is 2.64. The Labute approximate surface area is 93.0 Å². The van der Waals surface area contributed by atoms with Crippen molar-refractivity contribution in [2.24, 2.45) is 0 Å². The molecule has 14 heavy (non-hydrogen) atoms. The van der Waals surface area contributed by atoms with Crippen LogP contribution in [0.3, 0.4) is 0 Å². The number of methoxy groups -OCH3 is 1. The fourth-order valence-corrected chi connectivity index (χ4v) is 1.62. The minimum atomic E-state index is -0.537.